The summed E-state index contributed by atoms with van der Waals surface area (Å²) in [4.78, 5) is 21.9. The van der Waals surface area contributed by atoms with Crippen LogP contribution in [-0.4, -0.2) is 27.6 Å². The Morgan fingerprint density at radius 2 is 2.17 bits per heavy atom. The number of aromatic nitrogens is 1. The summed E-state index contributed by atoms with van der Waals surface area (Å²) in [7, 11) is 0. The van der Waals surface area contributed by atoms with Crippen molar-refractivity contribution in [2.24, 2.45) is 0 Å². The van der Waals surface area contributed by atoms with Gasteiger partial charge in [0.15, 0.2) is 0 Å². The van der Waals surface area contributed by atoms with E-state index in [-0.39, 0.29) is 11.3 Å². The Hall–Kier alpha value is -2.90. The topological polar surface area (TPSA) is 119 Å². The fraction of sp³-hybridized carbons (Fsp3) is 0.333. The summed E-state index contributed by atoms with van der Waals surface area (Å²) < 4.78 is 5.06. The van der Waals surface area contributed by atoms with Gasteiger partial charge in [0.05, 0.1) is 22.2 Å². The van der Waals surface area contributed by atoms with Gasteiger partial charge in [-0.2, -0.15) is 0 Å². The van der Waals surface area contributed by atoms with Gasteiger partial charge >= 0.3 is 0 Å². The molecule has 1 aromatic carbocycles. The minimum atomic E-state index is -0.634. The highest BCUT2D eigenvalue weighted by atomic mass is 16.6. The normalized spacial score (nSPS) is 10.5. The van der Waals surface area contributed by atoms with E-state index in [1.165, 1.54) is 12.1 Å². The molecule has 0 aliphatic carbocycles. The zero-order valence-corrected chi connectivity index (χ0v) is 12.8. The molecule has 2 rings (SSSR count). The molecule has 0 bridgehead atoms. The molecular weight excluding hydrogens is 302 g/mol. The second-order valence-electron chi connectivity index (χ2n) is 5.12. The van der Waals surface area contributed by atoms with Gasteiger partial charge in [-0.05, 0) is 32.8 Å². The molecule has 0 fully saturated rings. The molecule has 0 saturated heterocycles. The second-order valence-corrected chi connectivity index (χ2v) is 5.12. The van der Waals surface area contributed by atoms with Crippen LogP contribution in [0.2, 0.25) is 0 Å². The maximum atomic E-state index is 12.0. The van der Waals surface area contributed by atoms with E-state index in [0.29, 0.717) is 19.4 Å². The lowest BCUT2D eigenvalue weighted by molar-refractivity contribution is -0.384. The fourth-order valence-electron chi connectivity index (χ4n) is 2.25. The third kappa shape index (κ3) is 3.85. The number of aromatic hydroxyl groups is 1. The third-order valence-electron chi connectivity index (χ3n) is 3.51. The molecule has 2 aromatic rings. The van der Waals surface area contributed by atoms with Crippen molar-refractivity contribution in [3.63, 3.8) is 0 Å². The number of carbonyl (C=O) groups is 1. The first-order valence-electron chi connectivity index (χ1n) is 7.07. The Kier molecular flexibility index (Phi) is 4.95. The van der Waals surface area contributed by atoms with Crippen LogP contribution in [0.5, 0.6) is 5.75 Å². The second kappa shape index (κ2) is 6.91. The zero-order chi connectivity index (χ0) is 17.0. The third-order valence-corrected chi connectivity index (χ3v) is 3.51. The van der Waals surface area contributed by atoms with E-state index in [1.54, 1.807) is 0 Å². The van der Waals surface area contributed by atoms with Crippen molar-refractivity contribution in [2.45, 2.75) is 26.7 Å². The van der Waals surface area contributed by atoms with Crippen LogP contribution in [-0.2, 0) is 6.42 Å². The van der Waals surface area contributed by atoms with Gasteiger partial charge in [0.25, 0.3) is 11.6 Å². The highest BCUT2D eigenvalue weighted by molar-refractivity contribution is 5.97. The number of carbonyl (C=O) groups excluding carboxylic acids is 1. The molecular formula is C15H17N3O5. The molecule has 0 unspecified atom stereocenters. The highest BCUT2D eigenvalue weighted by Crippen LogP contribution is 2.23. The van der Waals surface area contributed by atoms with Gasteiger partial charge in [-0.3, -0.25) is 14.9 Å². The molecule has 8 heteroatoms. The van der Waals surface area contributed by atoms with Crippen LogP contribution < -0.4 is 5.32 Å². The van der Waals surface area contributed by atoms with E-state index < -0.39 is 16.6 Å². The molecule has 0 aliphatic rings. The number of aryl methyl sites for hydroxylation is 2. The van der Waals surface area contributed by atoms with Gasteiger partial charge in [-0.25, -0.2) is 0 Å². The number of benzene rings is 1. The van der Waals surface area contributed by atoms with Crippen molar-refractivity contribution < 1.29 is 19.3 Å². The molecule has 1 heterocycles. The van der Waals surface area contributed by atoms with Crippen LogP contribution in [0, 0.1) is 24.0 Å². The predicted molar refractivity (Wildman–Crippen MR) is 81.4 cm³/mol. The largest absolute Gasteiger partial charge is 0.507 e. The lowest BCUT2D eigenvalue weighted by Crippen LogP contribution is -2.24. The number of nitrogens with one attached hydrogen (secondary N) is 1. The van der Waals surface area contributed by atoms with Gasteiger partial charge in [0.1, 0.15) is 11.5 Å². The summed E-state index contributed by atoms with van der Waals surface area (Å²) >= 11 is 0. The van der Waals surface area contributed by atoms with E-state index in [2.05, 4.69) is 10.5 Å². The SMILES string of the molecule is Cc1noc(C)c1CCCNC(=O)c1ccc([N+](=O)[O-])cc1O. The van der Waals surface area contributed by atoms with Crippen LogP contribution >= 0.6 is 0 Å². The zero-order valence-electron chi connectivity index (χ0n) is 12.8. The number of phenols is 1. The van der Waals surface area contributed by atoms with Crippen molar-refractivity contribution in [1.29, 1.82) is 0 Å². The fourth-order valence-corrected chi connectivity index (χ4v) is 2.25. The molecule has 0 saturated carbocycles. The highest BCUT2D eigenvalue weighted by Gasteiger charge is 2.15. The number of phenolic OH excluding ortho intramolecular Hbond substituents is 1. The number of nitro benzene ring substituents is 1. The van der Waals surface area contributed by atoms with Crippen molar-refractivity contribution >= 4 is 11.6 Å². The van der Waals surface area contributed by atoms with E-state index in [1.807, 2.05) is 13.8 Å². The molecule has 2 N–H and O–H groups in total. The minimum absolute atomic E-state index is 0.00735. The Balaban J connectivity index is 1.89. The van der Waals surface area contributed by atoms with Gasteiger partial charge in [0, 0.05) is 18.2 Å². The number of nitro groups is 1. The Morgan fingerprint density at radius 3 is 2.74 bits per heavy atom. The minimum Gasteiger partial charge on any atom is -0.507 e. The Labute approximate surface area is 132 Å². The van der Waals surface area contributed by atoms with Crippen molar-refractivity contribution in [1.82, 2.24) is 10.5 Å². The average molecular weight is 319 g/mol. The first-order chi connectivity index (χ1) is 10.9. The molecule has 23 heavy (non-hydrogen) atoms. The molecule has 0 aliphatic heterocycles. The maximum absolute atomic E-state index is 12.0. The van der Waals surface area contributed by atoms with Crippen LogP contribution in [0.25, 0.3) is 0 Å². The summed E-state index contributed by atoms with van der Waals surface area (Å²) in [5.74, 6) is -0.125. The summed E-state index contributed by atoms with van der Waals surface area (Å²) in [5.41, 5.74) is 1.60. The van der Waals surface area contributed by atoms with Gasteiger partial charge in [-0.1, -0.05) is 5.16 Å². The van der Waals surface area contributed by atoms with Crippen molar-refractivity contribution in [3.05, 3.63) is 50.9 Å². The van der Waals surface area contributed by atoms with Crippen molar-refractivity contribution in [2.75, 3.05) is 6.54 Å². The van der Waals surface area contributed by atoms with Gasteiger partial charge < -0.3 is 14.9 Å². The maximum Gasteiger partial charge on any atom is 0.273 e. The quantitative estimate of drug-likeness (QED) is 0.479. The summed E-state index contributed by atoms with van der Waals surface area (Å²) in [6, 6.07) is 3.37. The average Bonchev–Trinajstić information content (AvgIpc) is 2.82. The van der Waals surface area contributed by atoms with Gasteiger partial charge in [-0.15, -0.1) is 0 Å². The smallest absolute Gasteiger partial charge is 0.273 e. The molecule has 1 amide bonds. The van der Waals surface area contributed by atoms with Crippen LogP contribution in [0.15, 0.2) is 22.7 Å². The van der Waals surface area contributed by atoms with E-state index in [4.69, 9.17) is 4.52 Å². The van der Waals surface area contributed by atoms with E-state index >= 15 is 0 Å². The van der Waals surface area contributed by atoms with Gasteiger partial charge in [0.2, 0.25) is 0 Å². The molecule has 1 aromatic heterocycles. The Bertz CT molecular complexity index is 719. The summed E-state index contributed by atoms with van der Waals surface area (Å²) in [5, 5.41) is 26.8. The summed E-state index contributed by atoms with van der Waals surface area (Å²) in [6.07, 6.45) is 1.40. The lowest BCUT2D eigenvalue weighted by atomic mass is 10.1. The number of hydrogen-bond donors (Lipinski definition) is 2. The first kappa shape index (κ1) is 16.5. The predicted octanol–water partition coefficient (Wildman–Crippen LogP) is 2.27. The van der Waals surface area contributed by atoms with Crippen LogP contribution in [0.3, 0.4) is 0 Å². The number of non-ortho nitro benzene ring substituents is 1. The number of nitrogens with zero attached hydrogens (tertiary/aromatic N) is 2. The number of hydrogen-bond acceptors (Lipinski definition) is 6. The van der Waals surface area contributed by atoms with Crippen molar-refractivity contribution in [3.8, 4) is 5.75 Å². The van der Waals surface area contributed by atoms with Crippen LogP contribution in [0.1, 0.15) is 33.8 Å². The molecule has 0 radical (unpaired) electrons. The molecule has 0 spiro atoms. The molecule has 8 nitrogen and oxygen atoms in total. The lowest BCUT2D eigenvalue weighted by Gasteiger charge is -2.06. The molecule has 122 valence electrons. The Morgan fingerprint density at radius 1 is 1.43 bits per heavy atom. The summed E-state index contributed by atoms with van der Waals surface area (Å²) in [6.45, 7) is 4.10. The monoisotopic (exact) mass is 319 g/mol. The first-order valence-corrected chi connectivity index (χ1v) is 7.07. The standard InChI is InChI=1S/C15H17N3O5/c1-9-12(10(2)23-17-9)4-3-7-16-15(20)13-6-5-11(18(21)22)8-14(13)19/h5-6,8,19H,3-4,7H2,1-2H3,(H,16,20). The number of amides is 1. The van der Waals surface area contributed by atoms with E-state index in [0.717, 1.165) is 23.1 Å². The number of rotatable bonds is 6. The van der Waals surface area contributed by atoms with E-state index in [9.17, 15) is 20.0 Å². The van der Waals surface area contributed by atoms with Crippen LogP contribution in [0.4, 0.5) is 5.69 Å². The molecule has 0 atom stereocenters.